The molecule has 0 aliphatic rings. The molecule has 0 saturated carbocycles. The van der Waals surface area contributed by atoms with Gasteiger partial charge in [0.2, 0.25) is 0 Å². The normalized spacial score (nSPS) is 9.64. The number of para-hydroxylation sites is 1. The van der Waals surface area contributed by atoms with Gasteiger partial charge < -0.3 is 0 Å². The van der Waals surface area contributed by atoms with Crippen molar-refractivity contribution in [1.82, 2.24) is 4.98 Å². The van der Waals surface area contributed by atoms with Crippen molar-refractivity contribution in [1.29, 1.82) is 0 Å². The molecule has 0 radical (unpaired) electrons. The maximum Gasteiger partial charge on any atom is 0.0849 e. The highest BCUT2D eigenvalue weighted by molar-refractivity contribution is 5.99. The van der Waals surface area contributed by atoms with Crippen LogP contribution in [0.1, 0.15) is 59.7 Å². The van der Waals surface area contributed by atoms with Gasteiger partial charge in [0, 0.05) is 5.56 Å². The molecule has 0 aliphatic heterocycles. The fourth-order valence-electron chi connectivity index (χ4n) is 2.40. The average Bonchev–Trinajstić information content (AvgIpc) is 2.79. The van der Waals surface area contributed by atoms with E-state index in [1.807, 2.05) is 109 Å². The van der Waals surface area contributed by atoms with Gasteiger partial charge in [-0.25, -0.2) is 4.98 Å². The number of nitrogens with zero attached hydrogens (tertiary/aromatic N) is 2. The number of aromatic nitrogens is 1. The lowest BCUT2D eigenvalue weighted by Gasteiger charge is -2.07. The van der Waals surface area contributed by atoms with Crippen molar-refractivity contribution < 1.29 is 0 Å². The molecule has 3 rings (SSSR count). The molecule has 0 N–H and O–H groups in total. The van der Waals surface area contributed by atoms with E-state index >= 15 is 0 Å². The third-order valence-electron chi connectivity index (χ3n) is 3.59. The predicted octanol–water partition coefficient (Wildman–Crippen LogP) is 8.28. The summed E-state index contributed by atoms with van der Waals surface area (Å²) < 4.78 is 0. The predicted molar refractivity (Wildman–Crippen MR) is 127 cm³/mol. The van der Waals surface area contributed by atoms with E-state index < -0.39 is 0 Å². The lowest BCUT2D eigenvalue weighted by molar-refractivity contribution is 1.26. The summed E-state index contributed by atoms with van der Waals surface area (Å²) in [6, 6.07) is 24.3. The smallest absolute Gasteiger partial charge is 0.0849 e. The first-order valence-corrected chi connectivity index (χ1v) is 10.4. The van der Waals surface area contributed by atoms with Gasteiger partial charge in [-0.05, 0) is 43.7 Å². The summed E-state index contributed by atoms with van der Waals surface area (Å²) in [4.78, 5) is 9.41. The summed E-state index contributed by atoms with van der Waals surface area (Å²) >= 11 is 0. The minimum atomic E-state index is 0.907. The van der Waals surface area contributed by atoms with Gasteiger partial charge in [0.15, 0.2) is 0 Å². The fourth-order valence-corrected chi connectivity index (χ4v) is 2.40. The van der Waals surface area contributed by atoms with Crippen LogP contribution in [0.25, 0.3) is 11.3 Å². The Balaban J connectivity index is 0.00000111. The molecule has 28 heavy (non-hydrogen) atoms. The van der Waals surface area contributed by atoms with E-state index in [-0.39, 0.29) is 0 Å². The van der Waals surface area contributed by atoms with E-state index in [0.717, 1.165) is 28.4 Å². The molecule has 0 bridgehead atoms. The molecule has 0 fully saturated rings. The highest BCUT2D eigenvalue weighted by Crippen LogP contribution is 2.21. The van der Waals surface area contributed by atoms with Crippen molar-refractivity contribution in [3.8, 4) is 11.3 Å². The first kappa shape index (κ1) is 25.3. The molecule has 1 aromatic heterocycles. The Morgan fingerprint density at radius 2 is 1.25 bits per heavy atom. The molecule has 0 aliphatic carbocycles. The van der Waals surface area contributed by atoms with E-state index in [1.54, 1.807) is 0 Å². The minimum Gasteiger partial charge on any atom is -0.252 e. The van der Waals surface area contributed by atoms with Gasteiger partial charge in [-0.15, -0.1) is 0 Å². The number of pyridine rings is 1. The molecule has 1 heterocycles. The third kappa shape index (κ3) is 7.87. The highest BCUT2D eigenvalue weighted by atomic mass is 14.8. The van der Waals surface area contributed by atoms with Crippen LogP contribution in [-0.4, -0.2) is 10.7 Å². The zero-order valence-electron chi connectivity index (χ0n) is 18.8. The van der Waals surface area contributed by atoms with Crippen LogP contribution in [0.2, 0.25) is 0 Å². The SMILES string of the molecule is CC.CC.CC.CC(=Nc1ccccc1)c1cccc(-c2ccccc2C)n1. The van der Waals surface area contributed by atoms with Crippen LogP contribution in [0.5, 0.6) is 0 Å². The maximum absolute atomic E-state index is 4.77. The summed E-state index contributed by atoms with van der Waals surface area (Å²) in [5.41, 5.74) is 6.15. The zero-order chi connectivity index (χ0) is 21.4. The van der Waals surface area contributed by atoms with Crippen LogP contribution < -0.4 is 0 Å². The summed E-state index contributed by atoms with van der Waals surface area (Å²) in [6.45, 7) is 16.1. The average molecular weight is 377 g/mol. The lowest BCUT2D eigenvalue weighted by atomic mass is 10.0. The molecule has 2 aromatic carbocycles. The summed E-state index contributed by atoms with van der Waals surface area (Å²) in [5, 5.41) is 0. The molecule has 0 atom stereocenters. The molecule has 0 unspecified atom stereocenters. The van der Waals surface area contributed by atoms with Crippen LogP contribution in [-0.2, 0) is 0 Å². The van der Waals surface area contributed by atoms with Gasteiger partial charge in [-0.2, -0.15) is 0 Å². The highest BCUT2D eigenvalue weighted by Gasteiger charge is 2.05. The molecule has 150 valence electrons. The Bertz CT molecular complexity index is 805. The Kier molecular flexibility index (Phi) is 13.8. The molecular formula is C26H36N2. The van der Waals surface area contributed by atoms with Crippen molar-refractivity contribution in [2.45, 2.75) is 55.4 Å². The van der Waals surface area contributed by atoms with Crippen molar-refractivity contribution >= 4 is 11.4 Å². The molecule has 2 nitrogen and oxygen atoms in total. The van der Waals surface area contributed by atoms with E-state index in [1.165, 1.54) is 5.56 Å². The standard InChI is InChI=1S/C20H18N2.3C2H6/c1-15-9-6-7-12-18(15)20-14-8-13-19(22-20)16(2)21-17-10-4-3-5-11-17;3*1-2/h3-14H,1-2H3;3*1-2H3. The molecule has 0 saturated heterocycles. The Morgan fingerprint density at radius 1 is 0.679 bits per heavy atom. The number of benzene rings is 2. The Hall–Kier alpha value is -2.74. The van der Waals surface area contributed by atoms with Crippen LogP contribution in [0.15, 0.2) is 77.8 Å². The molecule has 0 amide bonds. The van der Waals surface area contributed by atoms with Crippen LogP contribution in [0, 0.1) is 6.92 Å². The quantitative estimate of drug-likeness (QED) is 0.422. The maximum atomic E-state index is 4.77. The molecular weight excluding hydrogens is 340 g/mol. The van der Waals surface area contributed by atoms with E-state index in [4.69, 9.17) is 4.98 Å². The topological polar surface area (TPSA) is 25.2 Å². The van der Waals surface area contributed by atoms with Gasteiger partial charge in [0.1, 0.15) is 0 Å². The molecule has 0 spiro atoms. The summed E-state index contributed by atoms with van der Waals surface area (Å²) in [6.07, 6.45) is 0. The molecule has 3 aromatic rings. The minimum absolute atomic E-state index is 0.907. The number of aliphatic imine (C=N–C) groups is 1. The van der Waals surface area contributed by atoms with Crippen LogP contribution in [0.4, 0.5) is 5.69 Å². The number of aryl methyl sites for hydroxylation is 1. The summed E-state index contributed by atoms with van der Waals surface area (Å²) in [5.74, 6) is 0. The second-order valence-electron chi connectivity index (χ2n) is 5.26. The van der Waals surface area contributed by atoms with Gasteiger partial charge in [0.25, 0.3) is 0 Å². The van der Waals surface area contributed by atoms with Gasteiger partial charge in [0.05, 0.1) is 22.8 Å². The monoisotopic (exact) mass is 376 g/mol. The largest absolute Gasteiger partial charge is 0.252 e. The lowest BCUT2D eigenvalue weighted by Crippen LogP contribution is -1.99. The molecule has 2 heteroatoms. The number of rotatable bonds is 3. The second-order valence-corrected chi connectivity index (χ2v) is 5.26. The van der Waals surface area contributed by atoms with Crippen molar-refractivity contribution in [3.63, 3.8) is 0 Å². The van der Waals surface area contributed by atoms with Crippen LogP contribution >= 0.6 is 0 Å². The van der Waals surface area contributed by atoms with Crippen molar-refractivity contribution in [2.24, 2.45) is 4.99 Å². The Labute approximate surface area is 172 Å². The zero-order valence-corrected chi connectivity index (χ0v) is 18.8. The van der Waals surface area contributed by atoms with Gasteiger partial charge in [-0.1, -0.05) is 90.1 Å². The van der Waals surface area contributed by atoms with E-state index in [0.29, 0.717) is 0 Å². The number of hydrogen-bond acceptors (Lipinski definition) is 2. The number of hydrogen-bond donors (Lipinski definition) is 0. The van der Waals surface area contributed by atoms with Gasteiger partial charge in [-0.3, -0.25) is 4.99 Å². The van der Waals surface area contributed by atoms with Crippen LogP contribution in [0.3, 0.4) is 0 Å². The third-order valence-corrected chi connectivity index (χ3v) is 3.59. The summed E-state index contributed by atoms with van der Waals surface area (Å²) in [7, 11) is 0. The first-order valence-electron chi connectivity index (χ1n) is 10.4. The van der Waals surface area contributed by atoms with Crippen molar-refractivity contribution in [3.05, 3.63) is 84.1 Å². The van der Waals surface area contributed by atoms with Gasteiger partial charge >= 0.3 is 0 Å². The van der Waals surface area contributed by atoms with E-state index in [9.17, 15) is 0 Å². The second kappa shape index (κ2) is 15.3. The first-order chi connectivity index (χ1) is 13.7. The van der Waals surface area contributed by atoms with E-state index in [2.05, 4.69) is 24.0 Å². The fraction of sp³-hybridized carbons (Fsp3) is 0.308. The Morgan fingerprint density at radius 3 is 1.86 bits per heavy atom. The van der Waals surface area contributed by atoms with Crippen molar-refractivity contribution in [2.75, 3.05) is 0 Å².